The highest BCUT2D eigenvalue weighted by molar-refractivity contribution is 7.99. The average Bonchev–Trinajstić information content (AvgIpc) is 3.00. The van der Waals surface area contributed by atoms with Crippen LogP contribution in [0.2, 0.25) is 0 Å². The van der Waals surface area contributed by atoms with Gasteiger partial charge in [0, 0.05) is 39.1 Å². The number of methoxy groups -OCH3 is 1. The molecule has 11 heteroatoms. The summed E-state index contributed by atoms with van der Waals surface area (Å²) in [6.07, 6.45) is 0.443. The van der Waals surface area contributed by atoms with Crippen LogP contribution < -0.4 is 16.8 Å². The van der Waals surface area contributed by atoms with Crippen LogP contribution in [-0.2, 0) is 20.7 Å². The lowest BCUT2D eigenvalue weighted by atomic mass is 10.0. The molecule has 0 spiro atoms. The van der Waals surface area contributed by atoms with Gasteiger partial charge in [0.1, 0.15) is 11.7 Å². The minimum atomic E-state index is -0.705. The van der Waals surface area contributed by atoms with Crippen molar-refractivity contribution in [3.05, 3.63) is 107 Å². The third kappa shape index (κ3) is 9.54. The molecule has 0 bridgehead atoms. The number of halogens is 1. The van der Waals surface area contributed by atoms with Crippen molar-refractivity contribution in [2.75, 3.05) is 19.4 Å². The first kappa shape index (κ1) is 34.6. The normalized spacial score (nSPS) is 11.4. The highest BCUT2D eigenvalue weighted by atomic mass is 32.2. The van der Waals surface area contributed by atoms with Crippen molar-refractivity contribution in [1.29, 1.82) is 5.41 Å². The van der Waals surface area contributed by atoms with Gasteiger partial charge in [0.15, 0.2) is 5.78 Å². The molecule has 3 aromatic carbocycles. The van der Waals surface area contributed by atoms with Crippen molar-refractivity contribution >= 4 is 46.6 Å². The summed E-state index contributed by atoms with van der Waals surface area (Å²) >= 11 is 1.24. The van der Waals surface area contributed by atoms with Crippen LogP contribution in [-0.4, -0.2) is 48.1 Å². The van der Waals surface area contributed by atoms with Crippen molar-refractivity contribution in [3.8, 4) is 0 Å². The average molecular weight is 632 g/mol. The zero-order valence-electron chi connectivity index (χ0n) is 25.8. The van der Waals surface area contributed by atoms with E-state index >= 15 is 4.39 Å². The summed E-state index contributed by atoms with van der Waals surface area (Å²) in [7, 11) is 1.29. The van der Waals surface area contributed by atoms with Crippen LogP contribution >= 0.6 is 11.8 Å². The number of esters is 1. The minimum Gasteiger partial charge on any atom is -0.465 e. The molecule has 3 rings (SSSR count). The number of hydrogen-bond acceptors (Lipinski definition) is 8. The van der Waals surface area contributed by atoms with E-state index in [-0.39, 0.29) is 35.5 Å². The van der Waals surface area contributed by atoms with Crippen LogP contribution in [0, 0.1) is 5.41 Å². The molecule has 0 aromatic heterocycles. The Bertz CT molecular complexity index is 1630. The summed E-state index contributed by atoms with van der Waals surface area (Å²) in [5, 5.41) is 10.5. The van der Waals surface area contributed by atoms with Crippen molar-refractivity contribution in [3.63, 3.8) is 0 Å². The summed E-state index contributed by atoms with van der Waals surface area (Å²) in [5.41, 5.74) is 13.9. The van der Waals surface area contributed by atoms with Crippen LogP contribution in [0.3, 0.4) is 0 Å². The molecule has 0 saturated heterocycles. The number of carbonyl (C=O) groups excluding carboxylic acids is 3. The topological polar surface area (TPSA) is 152 Å². The van der Waals surface area contributed by atoms with Gasteiger partial charge in [0.2, 0.25) is 0 Å². The Kier molecular flexibility index (Phi) is 12.1. The first-order chi connectivity index (χ1) is 21.3. The van der Waals surface area contributed by atoms with Crippen LogP contribution in [0.15, 0.2) is 94.6 Å². The third-order valence-corrected chi connectivity index (χ3v) is 7.66. The maximum Gasteiger partial charge on any atom is 0.337 e. The quantitative estimate of drug-likeness (QED) is 0.0582. The number of amidine groups is 1. The predicted octanol–water partition coefficient (Wildman–Crippen LogP) is 5.69. The Morgan fingerprint density at radius 2 is 1.76 bits per heavy atom. The Hall–Kier alpha value is -4.90. The lowest BCUT2D eigenvalue weighted by Gasteiger charge is -2.28. The lowest BCUT2D eigenvalue weighted by molar-refractivity contribution is -0.129. The standard InChI is InChI=1S/C34H38FN5O4S/c1-20(2)39-22(4)33(42)40(19-27(41)15-11-23-9-12-24(13-10-23)32(37)38)31(21(3)35)29-18-26(36)14-16-30(29)45-28-8-6-7-25(17-28)34(43)44-5/h6-10,12-14,16-18,20,39H,4,11,15,19,36H2,1-3,5H3,(H3,37,38)/b31-21+. The predicted molar refractivity (Wildman–Crippen MR) is 176 cm³/mol. The number of aryl methyl sites for hydroxylation is 1. The van der Waals surface area contributed by atoms with Gasteiger partial charge in [-0.2, -0.15) is 0 Å². The number of amides is 1. The molecule has 0 aliphatic heterocycles. The van der Waals surface area contributed by atoms with E-state index in [9.17, 15) is 14.4 Å². The SMILES string of the molecule is C=C(NC(C)C)C(=O)N(CC(=O)CCc1ccc(C(=N)N)cc1)/C(=C(\C)F)c1cc(N)ccc1Sc1cccc(C(=O)OC)c1. The van der Waals surface area contributed by atoms with Gasteiger partial charge in [0.25, 0.3) is 5.91 Å². The first-order valence-corrected chi connectivity index (χ1v) is 15.0. The maximum atomic E-state index is 15.6. The highest BCUT2D eigenvalue weighted by Gasteiger charge is 2.28. The Labute approximate surface area is 267 Å². The van der Waals surface area contributed by atoms with E-state index in [4.69, 9.17) is 21.6 Å². The molecule has 45 heavy (non-hydrogen) atoms. The number of nitrogens with one attached hydrogen (secondary N) is 2. The summed E-state index contributed by atoms with van der Waals surface area (Å²) in [6.45, 7) is 8.31. The van der Waals surface area contributed by atoms with Crippen LogP contribution in [0.1, 0.15) is 54.2 Å². The molecule has 1 amide bonds. The molecule has 0 saturated carbocycles. The number of benzene rings is 3. The van der Waals surface area contributed by atoms with Crippen molar-refractivity contribution in [1.82, 2.24) is 10.2 Å². The second kappa shape index (κ2) is 15.7. The fourth-order valence-corrected chi connectivity index (χ4v) is 5.47. The Balaban J connectivity index is 2.00. The van der Waals surface area contributed by atoms with Crippen molar-refractivity contribution in [2.45, 2.75) is 49.4 Å². The maximum absolute atomic E-state index is 15.6. The number of ketones is 1. The summed E-state index contributed by atoms with van der Waals surface area (Å²) in [5.74, 6) is -2.24. The first-order valence-electron chi connectivity index (χ1n) is 14.2. The van der Waals surface area contributed by atoms with Gasteiger partial charge < -0.3 is 21.5 Å². The van der Waals surface area contributed by atoms with Gasteiger partial charge in [-0.1, -0.05) is 48.7 Å². The second-order valence-corrected chi connectivity index (χ2v) is 11.7. The zero-order valence-corrected chi connectivity index (χ0v) is 26.6. The minimum absolute atomic E-state index is 0.000238. The molecule has 9 nitrogen and oxygen atoms in total. The number of nitrogens with zero attached hydrogens (tertiary/aromatic N) is 1. The van der Waals surface area contributed by atoms with Crippen molar-refractivity contribution < 1.29 is 23.5 Å². The monoisotopic (exact) mass is 631 g/mol. The molecule has 0 aliphatic carbocycles. The number of anilines is 1. The number of nitrogens with two attached hydrogens (primary N) is 2. The lowest BCUT2D eigenvalue weighted by Crippen LogP contribution is -2.40. The molecule has 0 fully saturated rings. The van der Waals surface area contributed by atoms with Gasteiger partial charge in [-0.15, -0.1) is 0 Å². The van der Waals surface area contributed by atoms with Gasteiger partial charge in [-0.3, -0.25) is 19.9 Å². The number of nitrogen functional groups attached to an aromatic ring is 2. The van der Waals surface area contributed by atoms with Gasteiger partial charge >= 0.3 is 5.97 Å². The fraction of sp³-hybridized carbons (Fsp3) is 0.235. The van der Waals surface area contributed by atoms with Crippen LogP contribution in [0.4, 0.5) is 10.1 Å². The number of allylic oxidation sites excluding steroid dienone is 1. The number of hydrogen-bond donors (Lipinski definition) is 4. The van der Waals surface area contributed by atoms with E-state index in [1.807, 2.05) is 13.8 Å². The van der Waals surface area contributed by atoms with Gasteiger partial charge in [0.05, 0.1) is 30.6 Å². The van der Waals surface area contributed by atoms with E-state index in [2.05, 4.69) is 11.9 Å². The number of carbonyl (C=O) groups is 3. The van der Waals surface area contributed by atoms with E-state index in [0.717, 1.165) is 10.5 Å². The Morgan fingerprint density at radius 3 is 2.36 bits per heavy atom. The molecule has 0 unspecified atom stereocenters. The highest BCUT2D eigenvalue weighted by Crippen LogP contribution is 2.38. The van der Waals surface area contributed by atoms with Crippen molar-refractivity contribution in [2.24, 2.45) is 5.73 Å². The summed E-state index contributed by atoms with van der Waals surface area (Å²) < 4.78 is 20.5. The molecule has 0 atom stereocenters. The molecular formula is C34H38FN5O4S. The molecule has 0 aliphatic rings. The fourth-order valence-electron chi connectivity index (χ4n) is 4.49. The number of Topliss-reactive ketones (excluding diaryl/α,β-unsaturated/α-hetero) is 1. The second-order valence-electron chi connectivity index (χ2n) is 10.6. The summed E-state index contributed by atoms with van der Waals surface area (Å²) in [4.78, 5) is 41.6. The largest absolute Gasteiger partial charge is 0.465 e. The molecule has 0 radical (unpaired) electrons. The van der Waals surface area contributed by atoms with E-state index in [1.54, 1.807) is 66.7 Å². The smallest absolute Gasteiger partial charge is 0.337 e. The molecular weight excluding hydrogens is 593 g/mol. The number of ether oxygens (including phenoxy) is 1. The number of rotatable bonds is 14. The molecule has 3 aromatic rings. The third-order valence-electron chi connectivity index (χ3n) is 6.60. The molecule has 236 valence electrons. The van der Waals surface area contributed by atoms with Crippen LogP contribution in [0.25, 0.3) is 5.70 Å². The van der Waals surface area contributed by atoms with Gasteiger partial charge in [-0.25, -0.2) is 9.18 Å². The molecule has 0 heterocycles. The Morgan fingerprint density at radius 1 is 1.07 bits per heavy atom. The summed E-state index contributed by atoms with van der Waals surface area (Å²) in [6, 6.07) is 18.5. The van der Waals surface area contributed by atoms with Crippen LogP contribution in [0.5, 0.6) is 0 Å². The van der Waals surface area contributed by atoms with E-state index < -0.39 is 24.2 Å². The van der Waals surface area contributed by atoms with E-state index in [1.165, 1.54) is 25.8 Å². The zero-order chi connectivity index (χ0) is 33.3. The molecule has 6 N–H and O–H groups in total. The van der Waals surface area contributed by atoms with Gasteiger partial charge in [-0.05, 0) is 69.2 Å². The van der Waals surface area contributed by atoms with E-state index in [0.29, 0.717) is 38.6 Å².